The molecule has 0 aliphatic heterocycles. The van der Waals surface area contributed by atoms with Crippen LogP contribution in [0, 0.1) is 20.8 Å². The molecule has 3 nitrogen and oxygen atoms in total. The van der Waals surface area contributed by atoms with E-state index in [4.69, 9.17) is 18.0 Å². The Labute approximate surface area is 129 Å². The molecule has 0 amide bonds. The molecule has 0 radical (unpaired) electrons. The fourth-order valence-electron chi connectivity index (χ4n) is 2.24. The average Bonchev–Trinajstić information content (AvgIpc) is 2.68. The molecule has 0 spiro atoms. The Morgan fingerprint density at radius 2 is 2.05 bits per heavy atom. The minimum Gasteiger partial charge on any atom is -0.389 e. The predicted octanol–water partition coefficient (Wildman–Crippen LogP) is 3.88. The summed E-state index contributed by atoms with van der Waals surface area (Å²) >= 11 is 6.84. The summed E-state index contributed by atoms with van der Waals surface area (Å²) in [4.78, 5) is 6.14. The van der Waals surface area contributed by atoms with Crippen molar-refractivity contribution in [2.45, 2.75) is 33.7 Å². The summed E-state index contributed by atoms with van der Waals surface area (Å²) in [6.07, 6.45) is 0. The van der Waals surface area contributed by atoms with Crippen LogP contribution in [0.2, 0.25) is 0 Å². The van der Waals surface area contributed by atoms with Crippen molar-refractivity contribution >= 4 is 34.2 Å². The number of aryl methyl sites for hydroxylation is 3. The van der Waals surface area contributed by atoms with Gasteiger partial charge in [0, 0.05) is 16.1 Å². The summed E-state index contributed by atoms with van der Waals surface area (Å²) in [5.74, 6) is 0. The highest BCUT2D eigenvalue weighted by Gasteiger charge is 2.15. The lowest BCUT2D eigenvalue weighted by atomic mass is 10.1. The number of nitrogens with zero attached hydrogens (tertiary/aromatic N) is 1. The summed E-state index contributed by atoms with van der Waals surface area (Å²) in [5.41, 5.74) is 9.92. The highest BCUT2D eigenvalue weighted by molar-refractivity contribution is 7.80. The van der Waals surface area contributed by atoms with E-state index in [1.54, 1.807) is 11.3 Å². The van der Waals surface area contributed by atoms with Crippen LogP contribution in [0.1, 0.15) is 39.7 Å². The van der Waals surface area contributed by atoms with Crippen LogP contribution >= 0.6 is 23.6 Å². The number of benzene rings is 1. The number of aromatic nitrogens is 1. The molecule has 1 unspecified atom stereocenters. The number of nitrogens with two attached hydrogens (primary N) is 1. The van der Waals surface area contributed by atoms with E-state index in [2.05, 4.69) is 30.2 Å². The van der Waals surface area contributed by atoms with Crippen LogP contribution in [-0.2, 0) is 0 Å². The molecule has 5 heteroatoms. The van der Waals surface area contributed by atoms with Gasteiger partial charge in [0.2, 0.25) is 0 Å². The third kappa shape index (κ3) is 3.16. The zero-order chi connectivity index (χ0) is 14.9. The molecule has 0 fully saturated rings. The van der Waals surface area contributed by atoms with E-state index in [1.807, 2.05) is 26.0 Å². The first-order valence-electron chi connectivity index (χ1n) is 6.49. The highest BCUT2D eigenvalue weighted by Crippen LogP contribution is 2.29. The molecule has 20 heavy (non-hydrogen) atoms. The van der Waals surface area contributed by atoms with Gasteiger partial charge >= 0.3 is 0 Å². The molecule has 2 rings (SSSR count). The lowest BCUT2D eigenvalue weighted by Crippen LogP contribution is -2.15. The molecule has 0 aliphatic carbocycles. The number of anilines is 1. The molecule has 3 N–H and O–H groups in total. The largest absolute Gasteiger partial charge is 0.389 e. The second kappa shape index (κ2) is 5.89. The molecule has 1 aromatic carbocycles. The Bertz CT molecular complexity index is 647. The van der Waals surface area contributed by atoms with Gasteiger partial charge in [0.15, 0.2) is 0 Å². The summed E-state index contributed by atoms with van der Waals surface area (Å²) in [7, 11) is 0. The van der Waals surface area contributed by atoms with Crippen molar-refractivity contribution in [2.75, 3.05) is 5.32 Å². The molecular formula is C15H19N3S2. The van der Waals surface area contributed by atoms with E-state index in [9.17, 15) is 0 Å². The van der Waals surface area contributed by atoms with Crippen LogP contribution in [0.4, 0.5) is 5.69 Å². The number of nitrogens with one attached hydrogen (secondary N) is 1. The van der Waals surface area contributed by atoms with Gasteiger partial charge in [-0.15, -0.1) is 11.3 Å². The monoisotopic (exact) mass is 305 g/mol. The van der Waals surface area contributed by atoms with Gasteiger partial charge in [-0.2, -0.15) is 0 Å². The number of hydrogen-bond donors (Lipinski definition) is 2. The van der Waals surface area contributed by atoms with Crippen molar-refractivity contribution < 1.29 is 0 Å². The van der Waals surface area contributed by atoms with Gasteiger partial charge in [0.25, 0.3) is 0 Å². The zero-order valence-corrected chi connectivity index (χ0v) is 13.8. The summed E-state index contributed by atoms with van der Waals surface area (Å²) in [6, 6.07) is 6.24. The quantitative estimate of drug-likeness (QED) is 0.842. The number of thiazole rings is 1. The van der Waals surface area contributed by atoms with E-state index in [0.29, 0.717) is 4.99 Å². The van der Waals surface area contributed by atoms with Gasteiger partial charge in [-0.1, -0.05) is 18.3 Å². The average molecular weight is 305 g/mol. The van der Waals surface area contributed by atoms with E-state index < -0.39 is 0 Å². The van der Waals surface area contributed by atoms with Gasteiger partial charge in [-0.05, 0) is 45.4 Å². The highest BCUT2D eigenvalue weighted by atomic mass is 32.1. The summed E-state index contributed by atoms with van der Waals surface area (Å²) in [6.45, 7) is 8.26. The van der Waals surface area contributed by atoms with E-state index in [1.165, 1.54) is 10.4 Å². The summed E-state index contributed by atoms with van der Waals surface area (Å²) in [5, 5.41) is 4.59. The molecule has 0 aliphatic rings. The third-order valence-corrected chi connectivity index (χ3v) is 4.62. The summed E-state index contributed by atoms with van der Waals surface area (Å²) < 4.78 is 0. The lowest BCUT2D eigenvalue weighted by Gasteiger charge is -2.18. The molecule has 1 aromatic heterocycles. The van der Waals surface area contributed by atoms with Crippen molar-refractivity contribution in [3.05, 3.63) is 44.9 Å². The van der Waals surface area contributed by atoms with Crippen LogP contribution in [0.15, 0.2) is 18.2 Å². The number of thiocarbonyl (C=S) groups is 1. The molecule has 1 heterocycles. The maximum Gasteiger partial charge on any atom is 0.106 e. The van der Waals surface area contributed by atoms with Crippen LogP contribution in [-0.4, -0.2) is 9.97 Å². The Hall–Kier alpha value is -1.46. The van der Waals surface area contributed by atoms with Gasteiger partial charge in [-0.25, -0.2) is 4.98 Å². The second-order valence-corrected chi connectivity index (χ2v) is 6.64. The fraction of sp³-hybridized carbons (Fsp3) is 0.333. The van der Waals surface area contributed by atoms with E-state index in [-0.39, 0.29) is 6.04 Å². The van der Waals surface area contributed by atoms with Gasteiger partial charge in [0.05, 0.1) is 16.7 Å². The van der Waals surface area contributed by atoms with Crippen LogP contribution in [0.5, 0.6) is 0 Å². The first-order valence-corrected chi connectivity index (χ1v) is 7.72. The zero-order valence-electron chi connectivity index (χ0n) is 12.2. The normalized spacial score (nSPS) is 12.2. The molecule has 0 saturated carbocycles. The van der Waals surface area contributed by atoms with E-state index >= 15 is 0 Å². The maximum atomic E-state index is 5.79. The predicted molar refractivity (Wildman–Crippen MR) is 90.7 cm³/mol. The molecule has 0 saturated heterocycles. The van der Waals surface area contributed by atoms with Crippen molar-refractivity contribution in [1.29, 1.82) is 0 Å². The Balaban J connectivity index is 2.32. The second-order valence-electron chi connectivity index (χ2n) is 4.96. The number of hydrogen-bond acceptors (Lipinski definition) is 4. The number of rotatable bonds is 4. The third-order valence-electron chi connectivity index (χ3n) is 3.15. The minimum absolute atomic E-state index is 0.177. The van der Waals surface area contributed by atoms with Gasteiger partial charge < -0.3 is 11.1 Å². The maximum absolute atomic E-state index is 5.79. The van der Waals surface area contributed by atoms with Crippen molar-refractivity contribution in [3.8, 4) is 0 Å². The van der Waals surface area contributed by atoms with E-state index in [0.717, 1.165) is 22.0 Å². The van der Waals surface area contributed by atoms with Gasteiger partial charge in [-0.3, -0.25) is 0 Å². The van der Waals surface area contributed by atoms with Crippen LogP contribution in [0.3, 0.4) is 0 Å². The Morgan fingerprint density at radius 1 is 1.35 bits per heavy atom. The SMILES string of the molecule is Cc1ccc(C(N)=S)c(NC(C)c2sc(C)nc2C)c1. The van der Waals surface area contributed by atoms with Crippen molar-refractivity contribution in [2.24, 2.45) is 5.73 Å². The van der Waals surface area contributed by atoms with Crippen molar-refractivity contribution in [1.82, 2.24) is 4.98 Å². The fourth-order valence-corrected chi connectivity index (χ4v) is 3.35. The minimum atomic E-state index is 0.177. The topological polar surface area (TPSA) is 50.9 Å². The molecular weight excluding hydrogens is 286 g/mol. The van der Waals surface area contributed by atoms with Gasteiger partial charge in [0.1, 0.15) is 4.99 Å². The first-order chi connectivity index (χ1) is 9.38. The lowest BCUT2D eigenvalue weighted by molar-refractivity contribution is 0.889. The molecule has 1 atom stereocenters. The first kappa shape index (κ1) is 14.9. The van der Waals surface area contributed by atoms with Crippen molar-refractivity contribution in [3.63, 3.8) is 0 Å². The Kier molecular flexibility index (Phi) is 4.40. The molecule has 106 valence electrons. The van der Waals surface area contributed by atoms with Crippen LogP contribution < -0.4 is 11.1 Å². The molecule has 0 bridgehead atoms. The molecule has 2 aromatic rings. The van der Waals surface area contributed by atoms with Crippen LogP contribution in [0.25, 0.3) is 0 Å². The standard InChI is InChI=1S/C15H19N3S2/c1-8-5-6-12(15(16)19)13(7-8)18-10(3)14-9(2)17-11(4)20-14/h5-7,10,18H,1-4H3,(H2,16,19). The smallest absolute Gasteiger partial charge is 0.106 e. The Morgan fingerprint density at radius 3 is 2.60 bits per heavy atom.